The maximum Gasteiger partial charge on any atom is 0.192 e. The number of fused-ring (bicyclic) bond motifs is 1. The van der Waals surface area contributed by atoms with E-state index in [0.717, 1.165) is 12.8 Å². The van der Waals surface area contributed by atoms with Crippen LogP contribution in [0.4, 0.5) is 4.39 Å². The molecule has 1 aliphatic carbocycles. The van der Waals surface area contributed by atoms with Gasteiger partial charge in [0.2, 0.25) is 0 Å². The molecule has 0 saturated heterocycles. The van der Waals surface area contributed by atoms with Gasteiger partial charge in [-0.1, -0.05) is 11.6 Å². The fourth-order valence-corrected chi connectivity index (χ4v) is 2.39. The molecule has 3 rings (SSSR count). The lowest BCUT2D eigenvalue weighted by Crippen LogP contribution is -2.14. The Kier molecular flexibility index (Phi) is 2.67. The average molecular weight is 265 g/mol. The standard InChI is InChI=1S/C14H12ClFNO/c1-2-8-7-17(9-3-4-9)13-6-11(15)12(16)5-10(13)14(8)18/h5-7,9H,1-4H2. The molecule has 0 atom stereocenters. The van der Waals surface area contributed by atoms with Crippen molar-refractivity contribution in [3.05, 3.63) is 51.9 Å². The van der Waals surface area contributed by atoms with Gasteiger partial charge in [0.15, 0.2) is 5.43 Å². The Labute approximate surface area is 109 Å². The molecule has 0 aliphatic heterocycles. The molecule has 1 aromatic heterocycles. The van der Waals surface area contributed by atoms with Crippen molar-refractivity contribution in [2.45, 2.75) is 25.3 Å². The van der Waals surface area contributed by atoms with E-state index in [2.05, 4.69) is 6.92 Å². The second kappa shape index (κ2) is 4.09. The Morgan fingerprint density at radius 2 is 2.17 bits per heavy atom. The summed E-state index contributed by atoms with van der Waals surface area (Å²) in [4.78, 5) is 12.2. The van der Waals surface area contributed by atoms with Gasteiger partial charge in [-0.15, -0.1) is 0 Å². The van der Waals surface area contributed by atoms with Gasteiger partial charge in [0, 0.05) is 23.2 Å². The molecule has 1 fully saturated rings. The van der Waals surface area contributed by atoms with E-state index in [1.165, 1.54) is 6.07 Å². The minimum absolute atomic E-state index is 0.0543. The van der Waals surface area contributed by atoms with E-state index in [-0.39, 0.29) is 10.5 Å². The molecule has 4 heteroatoms. The van der Waals surface area contributed by atoms with Gasteiger partial charge < -0.3 is 4.57 Å². The van der Waals surface area contributed by atoms with Crippen molar-refractivity contribution in [1.82, 2.24) is 4.57 Å². The molecule has 0 unspecified atom stereocenters. The van der Waals surface area contributed by atoms with Crippen LogP contribution in [0.3, 0.4) is 0 Å². The van der Waals surface area contributed by atoms with Gasteiger partial charge in [0.25, 0.3) is 0 Å². The van der Waals surface area contributed by atoms with E-state index in [0.29, 0.717) is 28.9 Å². The Balaban J connectivity index is 2.42. The number of aromatic nitrogens is 1. The fraction of sp³-hybridized carbons (Fsp3) is 0.286. The summed E-state index contributed by atoms with van der Waals surface area (Å²) in [6.45, 7) is 3.75. The van der Waals surface area contributed by atoms with Crippen molar-refractivity contribution >= 4 is 22.5 Å². The summed E-state index contributed by atoms with van der Waals surface area (Å²) in [6, 6.07) is 3.18. The summed E-state index contributed by atoms with van der Waals surface area (Å²) in [5.41, 5.74) is 1.19. The number of rotatable bonds is 2. The smallest absolute Gasteiger partial charge is 0.192 e. The van der Waals surface area contributed by atoms with E-state index in [4.69, 9.17) is 11.6 Å². The maximum absolute atomic E-state index is 13.5. The second-order valence-corrected chi connectivity index (χ2v) is 5.06. The van der Waals surface area contributed by atoms with Crippen molar-refractivity contribution in [2.75, 3.05) is 0 Å². The molecular weight excluding hydrogens is 253 g/mol. The molecule has 0 spiro atoms. The molecule has 1 heterocycles. The molecule has 0 N–H and O–H groups in total. The van der Waals surface area contributed by atoms with Crippen LogP contribution >= 0.6 is 11.6 Å². The zero-order valence-electron chi connectivity index (χ0n) is 9.75. The minimum Gasteiger partial charge on any atom is -0.344 e. The van der Waals surface area contributed by atoms with Crippen LogP contribution in [0.15, 0.2) is 23.1 Å². The quantitative estimate of drug-likeness (QED) is 0.814. The molecule has 0 amide bonds. The minimum atomic E-state index is -0.551. The molecule has 0 bridgehead atoms. The predicted octanol–water partition coefficient (Wildman–Crippen LogP) is 3.51. The molecule has 93 valence electrons. The van der Waals surface area contributed by atoms with Gasteiger partial charge >= 0.3 is 0 Å². The third-order valence-electron chi connectivity index (χ3n) is 3.36. The van der Waals surface area contributed by atoms with Gasteiger partial charge in [-0.2, -0.15) is 0 Å². The van der Waals surface area contributed by atoms with Gasteiger partial charge in [-0.3, -0.25) is 4.79 Å². The van der Waals surface area contributed by atoms with E-state index < -0.39 is 5.82 Å². The highest BCUT2D eigenvalue weighted by molar-refractivity contribution is 6.31. The van der Waals surface area contributed by atoms with Gasteiger partial charge in [-0.25, -0.2) is 4.39 Å². The van der Waals surface area contributed by atoms with Crippen molar-refractivity contribution in [2.24, 2.45) is 0 Å². The molecular formula is C14H12ClFNO. The molecule has 1 aliphatic rings. The lowest BCUT2D eigenvalue weighted by molar-refractivity contribution is 0.629. The number of benzene rings is 1. The van der Waals surface area contributed by atoms with Crippen LogP contribution in [0.25, 0.3) is 10.9 Å². The summed E-state index contributed by atoms with van der Waals surface area (Å²) in [5, 5.41) is 0.448. The zero-order valence-corrected chi connectivity index (χ0v) is 10.5. The first-order valence-electron chi connectivity index (χ1n) is 5.94. The molecule has 1 saturated carbocycles. The Morgan fingerprint density at radius 1 is 1.44 bits per heavy atom. The topological polar surface area (TPSA) is 22.0 Å². The average Bonchev–Trinajstić information content (AvgIpc) is 3.17. The fourth-order valence-electron chi connectivity index (χ4n) is 2.23. The van der Waals surface area contributed by atoms with Crippen molar-refractivity contribution in [1.29, 1.82) is 0 Å². The van der Waals surface area contributed by atoms with Crippen molar-refractivity contribution in [3.8, 4) is 0 Å². The summed E-state index contributed by atoms with van der Waals surface area (Å²) in [7, 11) is 0. The first-order chi connectivity index (χ1) is 8.61. The number of pyridine rings is 1. The van der Waals surface area contributed by atoms with E-state index >= 15 is 0 Å². The summed E-state index contributed by atoms with van der Waals surface area (Å²) < 4.78 is 15.5. The summed E-state index contributed by atoms with van der Waals surface area (Å²) in [6.07, 6.45) is 4.42. The van der Waals surface area contributed by atoms with Crippen LogP contribution in [-0.4, -0.2) is 4.57 Å². The van der Waals surface area contributed by atoms with Crippen LogP contribution in [0, 0.1) is 12.7 Å². The predicted molar refractivity (Wildman–Crippen MR) is 70.5 cm³/mol. The lowest BCUT2D eigenvalue weighted by Gasteiger charge is -2.12. The Hall–Kier alpha value is -1.35. The second-order valence-electron chi connectivity index (χ2n) is 4.66. The van der Waals surface area contributed by atoms with E-state index in [1.807, 2.05) is 10.8 Å². The van der Waals surface area contributed by atoms with Crippen LogP contribution in [0.1, 0.15) is 24.4 Å². The normalized spacial score (nSPS) is 15.3. The third kappa shape index (κ3) is 1.74. The van der Waals surface area contributed by atoms with Crippen LogP contribution in [0.2, 0.25) is 5.02 Å². The summed E-state index contributed by atoms with van der Waals surface area (Å²) >= 11 is 5.81. The maximum atomic E-state index is 13.5. The van der Waals surface area contributed by atoms with Gasteiger partial charge in [-0.05, 0) is 38.3 Å². The number of hydrogen-bond acceptors (Lipinski definition) is 1. The third-order valence-corrected chi connectivity index (χ3v) is 3.65. The highest BCUT2D eigenvalue weighted by Gasteiger charge is 2.25. The van der Waals surface area contributed by atoms with Crippen molar-refractivity contribution in [3.63, 3.8) is 0 Å². The number of halogens is 2. The first-order valence-corrected chi connectivity index (χ1v) is 6.31. The molecule has 18 heavy (non-hydrogen) atoms. The zero-order chi connectivity index (χ0) is 12.9. The molecule has 1 radical (unpaired) electrons. The van der Waals surface area contributed by atoms with Crippen LogP contribution in [-0.2, 0) is 6.42 Å². The molecule has 2 aromatic rings. The highest BCUT2D eigenvalue weighted by Crippen LogP contribution is 2.37. The number of nitrogens with zero attached hydrogens (tertiary/aromatic N) is 1. The number of hydrogen-bond donors (Lipinski definition) is 0. The van der Waals surface area contributed by atoms with E-state index in [9.17, 15) is 9.18 Å². The molecule has 1 aromatic carbocycles. The van der Waals surface area contributed by atoms with Crippen molar-refractivity contribution < 1.29 is 4.39 Å². The lowest BCUT2D eigenvalue weighted by atomic mass is 10.1. The van der Waals surface area contributed by atoms with Gasteiger partial charge in [0.05, 0.1) is 10.5 Å². The van der Waals surface area contributed by atoms with E-state index in [1.54, 1.807) is 6.07 Å². The Morgan fingerprint density at radius 3 is 2.78 bits per heavy atom. The first kappa shape index (κ1) is 11.7. The Bertz CT molecular complexity index is 688. The highest BCUT2D eigenvalue weighted by atomic mass is 35.5. The SMILES string of the molecule is [CH2]Cc1cn(C2CC2)c2cc(Cl)c(F)cc2c1=O. The van der Waals surface area contributed by atoms with Gasteiger partial charge in [0.1, 0.15) is 5.82 Å². The largest absolute Gasteiger partial charge is 0.344 e. The van der Waals surface area contributed by atoms with Crippen LogP contribution < -0.4 is 5.43 Å². The molecule has 2 nitrogen and oxygen atoms in total. The van der Waals surface area contributed by atoms with Crippen LogP contribution in [0.5, 0.6) is 0 Å². The summed E-state index contributed by atoms with van der Waals surface area (Å²) in [5.74, 6) is -0.551. The monoisotopic (exact) mass is 264 g/mol.